The zero-order valence-electron chi connectivity index (χ0n) is 7.68. The van der Waals surface area contributed by atoms with Crippen LogP contribution in [0.2, 0.25) is 0 Å². The average Bonchev–Trinajstić information content (AvgIpc) is 2.78. The summed E-state index contributed by atoms with van der Waals surface area (Å²) in [7, 11) is 0. The number of nitriles is 1. The first-order chi connectivity index (χ1) is 7.33. The monoisotopic (exact) mass is 198 g/mol. The Kier molecular flexibility index (Phi) is 2.30. The molecule has 4 nitrogen and oxygen atoms in total. The molecule has 1 heterocycles. The van der Waals surface area contributed by atoms with Crippen molar-refractivity contribution in [3.8, 4) is 17.5 Å². The van der Waals surface area contributed by atoms with Gasteiger partial charge in [-0.1, -0.05) is 0 Å². The first kappa shape index (κ1) is 9.16. The highest BCUT2D eigenvalue weighted by Gasteiger charge is 2.05. The van der Waals surface area contributed by atoms with Crippen LogP contribution in [0.15, 0.2) is 34.9 Å². The third-order valence-corrected chi connectivity index (χ3v) is 1.90. The van der Waals surface area contributed by atoms with E-state index in [4.69, 9.17) is 9.68 Å². The number of aldehydes is 1. The molecule has 0 radical (unpaired) electrons. The zero-order valence-corrected chi connectivity index (χ0v) is 7.68. The lowest BCUT2D eigenvalue weighted by Gasteiger charge is -1.93. The molecule has 72 valence electrons. The van der Waals surface area contributed by atoms with E-state index >= 15 is 0 Å². The van der Waals surface area contributed by atoms with Gasteiger partial charge in [0.1, 0.15) is 12.0 Å². The molecule has 0 atom stereocenters. The number of carbonyl (C=O) groups is 1. The van der Waals surface area contributed by atoms with Crippen molar-refractivity contribution in [2.24, 2.45) is 0 Å². The average molecular weight is 198 g/mol. The molecular formula is C11H6N2O2. The first-order valence-electron chi connectivity index (χ1n) is 4.25. The summed E-state index contributed by atoms with van der Waals surface area (Å²) in [6.45, 7) is 0. The second-order valence-electron chi connectivity index (χ2n) is 2.88. The van der Waals surface area contributed by atoms with Gasteiger partial charge < -0.3 is 4.42 Å². The van der Waals surface area contributed by atoms with Crippen LogP contribution in [0.25, 0.3) is 11.5 Å². The van der Waals surface area contributed by atoms with Crippen LogP contribution in [0, 0.1) is 11.3 Å². The van der Waals surface area contributed by atoms with E-state index in [-0.39, 0.29) is 5.69 Å². The fraction of sp³-hybridized carbons (Fsp3) is 0. The van der Waals surface area contributed by atoms with Crippen LogP contribution in [0.5, 0.6) is 0 Å². The fourth-order valence-corrected chi connectivity index (χ4v) is 1.16. The Morgan fingerprint density at radius 2 is 2.07 bits per heavy atom. The summed E-state index contributed by atoms with van der Waals surface area (Å²) in [5.74, 6) is 0.376. The second kappa shape index (κ2) is 3.76. The van der Waals surface area contributed by atoms with Crippen molar-refractivity contribution in [3.63, 3.8) is 0 Å². The van der Waals surface area contributed by atoms with Gasteiger partial charge in [-0.2, -0.15) is 5.26 Å². The van der Waals surface area contributed by atoms with Crippen LogP contribution < -0.4 is 0 Å². The highest BCUT2D eigenvalue weighted by atomic mass is 16.3. The number of hydrogen-bond donors (Lipinski definition) is 0. The van der Waals surface area contributed by atoms with Crippen molar-refractivity contribution in [2.45, 2.75) is 0 Å². The van der Waals surface area contributed by atoms with Crippen LogP contribution >= 0.6 is 0 Å². The maximum atomic E-state index is 10.4. The van der Waals surface area contributed by atoms with Crippen LogP contribution in [0.1, 0.15) is 16.1 Å². The van der Waals surface area contributed by atoms with Crippen LogP contribution in [-0.2, 0) is 0 Å². The van der Waals surface area contributed by atoms with Gasteiger partial charge in [-0.15, -0.1) is 0 Å². The first-order valence-corrected chi connectivity index (χ1v) is 4.25. The predicted octanol–water partition coefficient (Wildman–Crippen LogP) is 2.03. The summed E-state index contributed by atoms with van der Waals surface area (Å²) in [6.07, 6.45) is 1.91. The van der Waals surface area contributed by atoms with Crippen LogP contribution in [0.4, 0.5) is 0 Å². The highest BCUT2D eigenvalue weighted by molar-refractivity contribution is 5.72. The summed E-state index contributed by atoms with van der Waals surface area (Å²) in [4.78, 5) is 14.3. The molecule has 0 aliphatic carbocycles. The fourth-order valence-electron chi connectivity index (χ4n) is 1.16. The molecule has 0 amide bonds. The normalized spacial score (nSPS) is 9.53. The maximum absolute atomic E-state index is 10.4. The molecular weight excluding hydrogens is 192 g/mol. The van der Waals surface area contributed by atoms with E-state index in [1.54, 1.807) is 24.3 Å². The Hall–Kier alpha value is -2.41. The third kappa shape index (κ3) is 1.76. The summed E-state index contributed by atoms with van der Waals surface area (Å²) < 4.78 is 5.09. The van der Waals surface area contributed by atoms with Gasteiger partial charge in [-0.25, -0.2) is 4.98 Å². The number of hydrogen-bond acceptors (Lipinski definition) is 4. The molecule has 2 rings (SSSR count). The van der Waals surface area contributed by atoms with Crippen molar-refractivity contribution in [3.05, 3.63) is 41.8 Å². The van der Waals surface area contributed by atoms with Gasteiger partial charge in [0.25, 0.3) is 0 Å². The predicted molar refractivity (Wildman–Crippen MR) is 52.0 cm³/mol. The van der Waals surface area contributed by atoms with Crippen LogP contribution in [-0.4, -0.2) is 11.3 Å². The minimum atomic E-state index is 0.259. The largest absolute Gasteiger partial charge is 0.444 e. The number of benzene rings is 1. The maximum Gasteiger partial charge on any atom is 0.226 e. The Bertz CT molecular complexity index is 520. The van der Waals surface area contributed by atoms with E-state index in [0.29, 0.717) is 17.7 Å². The molecule has 0 fully saturated rings. The van der Waals surface area contributed by atoms with Gasteiger partial charge in [0, 0.05) is 5.56 Å². The molecule has 4 heteroatoms. The lowest BCUT2D eigenvalue weighted by Crippen LogP contribution is -1.81. The second-order valence-corrected chi connectivity index (χ2v) is 2.88. The van der Waals surface area contributed by atoms with Crippen molar-refractivity contribution in [1.29, 1.82) is 5.26 Å². The van der Waals surface area contributed by atoms with Crippen molar-refractivity contribution >= 4 is 6.29 Å². The topological polar surface area (TPSA) is 66.9 Å². The molecule has 0 N–H and O–H groups in total. The van der Waals surface area contributed by atoms with Gasteiger partial charge >= 0.3 is 0 Å². The smallest absolute Gasteiger partial charge is 0.226 e. The van der Waals surface area contributed by atoms with E-state index in [1.807, 2.05) is 6.07 Å². The Morgan fingerprint density at radius 3 is 2.60 bits per heavy atom. The summed E-state index contributed by atoms with van der Waals surface area (Å²) >= 11 is 0. The van der Waals surface area contributed by atoms with Crippen molar-refractivity contribution < 1.29 is 9.21 Å². The van der Waals surface area contributed by atoms with Gasteiger partial charge in [-0.3, -0.25) is 4.79 Å². The van der Waals surface area contributed by atoms with Gasteiger partial charge in [0.05, 0.1) is 11.6 Å². The molecule has 0 aliphatic heterocycles. The number of carbonyl (C=O) groups excluding carboxylic acids is 1. The van der Waals surface area contributed by atoms with E-state index in [1.165, 1.54) is 6.26 Å². The number of aromatic nitrogens is 1. The number of oxazole rings is 1. The summed E-state index contributed by atoms with van der Waals surface area (Å²) in [5.41, 5.74) is 1.57. The van der Waals surface area contributed by atoms with Crippen LogP contribution in [0.3, 0.4) is 0 Å². The molecule has 0 saturated heterocycles. The minimum absolute atomic E-state index is 0.259. The highest BCUT2D eigenvalue weighted by Crippen LogP contribution is 2.18. The standard InChI is InChI=1S/C11H6N2O2/c12-5-8-1-3-9(4-2-8)11-13-10(6-14)7-15-11/h1-4,6-7H. The van der Waals surface area contributed by atoms with Gasteiger partial charge in [-0.05, 0) is 24.3 Å². The zero-order chi connectivity index (χ0) is 10.7. The lowest BCUT2D eigenvalue weighted by molar-refractivity contribution is 0.111. The molecule has 0 bridgehead atoms. The Morgan fingerprint density at radius 1 is 1.33 bits per heavy atom. The lowest BCUT2D eigenvalue weighted by atomic mass is 10.1. The summed E-state index contributed by atoms with van der Waals surface area (Å²) in [5, 5.41) is 8.61. The van der Waals surface area contributed by atoms with E-state index < -0.39 is 0 Å². The van der Waals surface area contributed by atoms with Crippen molar-refractivity contribution in [2.75, 3.05) is 0 Å². The SMILES string of the molecule is N#Cc1ccc(-c2nc(C=O)co2)cc1. The molecule has 0 unspecified atom stereocenters. The third-order valence-electron chi connectivity index (χ3n) is 1.90. The Balaban J connectivity index is 2.37. The Labute approximate surface area is 85.8 Å². The molecule has 2 aromatic rings. The van der Waals surface area contributed by atoms with Crippen molar-refractivity contribution in [1.82, 2.24) is 4.98 Å². The number of rotatable bonds is 2. The molecule has 1 aromatic carbocycles. The summed E-state index contributed by atoms with van der Waals surface area (Å²) in [6, 6.07) is 8.79. The minimum Gasteiger partial charge on any atom is -0.444 e. The van der Waals surface area contributed by atoms with Gasteiger partial charge in [0.2, 0.25) is 5.89 Å². The van der Waals surface area contributed by atoms with E-state index in [2.05, 4.69) is 4.98 Å². The number of nitrogens with zero attached hydrogens (tertiary/aromatic N) is 2. The van der Waals surface area contributed by atoms with Gasteiger partial charge in [0.15, 0.2) is 6.29 Å². The molecule has 0 aliphatic rings. The molecule has 1 aromatic heterocycles. The molecule has 0 spiro atoms. The quantitative estimate of drug-likeness (QED) is 0.692. The van der Waals surface area contributed by atoms with E-state index in [9.17, 15) is 4.79 Å². The molecule has 0 saturated carbocycles. The van der Waals surface area contributed by atoms with E-state index in [0.717, 1.165) is 5.56 Å². The molecule has 15 heavy (non-hydrogen) atoms.